The molecule has 0 aromatic heterocycles. The quantitative estimate of drug-likeness (QED) is 0.589. The van der Waals surface area contributed by atoms with E-state index in [1.54, 1.807) is 18.2 Å². The van der Waals surface area contributed by atoms with E-state index >= 15 is 0 Å². The molecule has 0 radical (unpaired) electrons. The van der Waals surface area contributed by atoms with Crippen LogP contribution >= 0.6 is 23.2 Å². The molecule has 0 aliphatic rings. The van der Waals surface area contributed by atoms with Crippen molar-refractivity contribution in [2.45, 2.75) is 13.0 Å². The molecule has 2 N–H and O–H groups in total. The molecule has 0 aliphatic heterocycles. The van der Waals surface area contributed by atoms with Gasteiger partial charge in [-0.2, -0.15) is 0 Å². The molecule has 1 unspecified atom stereocenters. The minimum atomic E-state index is -0.297. The zero-order chi connectivity index (χ0) is 17.1. The normalized spacial score (nSPS) is 12.0. The van der Waals surface area contributed by atoms with Crippen LogP contribution < -0.4 is 10.6 Å². The second kappa shape index (κ2) is 7.12. The minimum Gasteiger partial charge on any atom is -0.331 e. The molecule has 0 aliphatic carbocycles. The lowest BCUT2D eigenvalue weighted by molar-refractivity contribution is 0.249. The van der Waals surface area contributed by atoms with Gasteiger partial charge in [0.1, 0.15) is 0 Å². The molecule has 24 heavy (non-hydrogen) atoms. The molecule has 3 aromatic rings. The van der Waals surface area contributed by atoms with Crippen LogP contribution in [0.2, 0.25) is 10.0 Å². The van der Waals surface area contributed by atoms with Gasteiger partial charge >= 0.3 is 6.03 Å². The number of anilines is 1. The monoisotopic (exact) mass is 358 g/mol. The van der Waals surface area contributed by atoms with E-state index in [9.17, 15) is 4.79 Å². The molecule has 3 nitrogen and oxygen atoms in total. The average Bonchev–Trinajstić information content (AvgIpc) is 2.57. The Labute approximate surface area is 150 Å². The Balaban J connectivity index is 1.74. The van der Waals surface area contributed by atoms with Gasteiger partial charge in [-0.05, 0) is 41.5 Å². The lowest BCUT2D eigenvalue weighted by Crippen LogP contribution is -2.31. The molecule has 0 fully saturated rings. The van der Waals surface area contributed by atoms with Gasteiger partial charge in [-0.3, -0.25) is 0 Å². The van der Waals surface area contributed by atoms with E-state index in [0.717, 1.165) is 16.3 Å². The van der Waals surface area contributed by atoms with E-state index in [0.29, 0.717) is 15.7 Å². The van der Waals surface area contributed by atoms with Gasteiger partial charge in [0.25, 0.3) is 0 Å². The molecular weight excluding hydrogens is 343 g/mol. The summed E-state index contributed by atoms with van der Waals surface area (Å²) in [5.41, 5.74) is 1.66. The van der Waals surface area contributed by atoms with Crippen LogP contribution in [0.25, 0.3) is 10.8 Å². The van der Waals surface area contributed by atoms with E-state index in [2.05, 4.69) is 28.8 Å². The molecule has 0 heterocycles. The first-order valence-corrected chi connectivity index (χ1v) is 8.30. The molecule has 0 saturated heterocycles. The summed E-state index contributed by atoms with van der Waals surface area (Å²) < 4.78 is 0. The maximum atomic E-state index is 12.2. The highest BCUT2D eigenvalue weighted by molar-refractivity contribution is 6.42. The molecule has 0 saturated carbocycles. The standard InChI is InChI=1S/C19H16Cl2N2O/c1-12(15-8-4-6-13-5-2-3-7-16(13)15)22-19(24)23-14-9-10-17(20)18(21)11-14/h2-12H,1H3,(H2,22,23,24). The van der Waals surface area contributed by atoms with Gasteiger partial charge in [0, 0.05) is 5.69 Å². The number of amides is 2. The van der Waals surface area contributed by atoms with Crippen molar-refractivity contribution >= 4 is 45.7 Å². The zero-order valence-electron chi connectivity index (χ0n) is 13.0. The van der Waals surface area contributed by atoms with E-state index in [4.69, 9.17) is 23.2 Å². The van der Waals surface area contributed by atoms with Gasteiger partial charge in [0.2, 0.25) is 0 Å². The molecule has 1 atom stereocenters. The number of rotatable bonds is 3. The van der Waals surface area contributed by atoms with E-state index < -0.39 is 0 Å². The van der Waals surface area contributed by atoms with E-state index in [1.807, 2.05) is 31.2 Å². The van der Waals surface area contributed by atoms with Crippen molar-refractivity contribution in [3.8, 4) is 0 Å². The maximum absolute atomic E-state index is 12.2. The largest absolute Gasteiger partial charge is 0.331 e. The number of carbonyl (C=O) groups is 1. The summed E-state index contributed by atoms with van der Waals surface area (Å²) in [6.07, 6.45) is 0. The molecule has 3 aromatic carbocycles. The van der Waals surface area contributed by atoms with Gasteiger partial charge in [0.15, 0.2) is 0 Å². The third-order valence-corrected chi connectivity index (χ3v) is 4.55. The minimum absolute atomic E-state index is 0.140. The SMILES string of the molecule is CC(NC(=O)Nc1ccc(Cl)c(Cl)c1)c1cccc2ccccc12. The Morgan fingerprint density at radius 3 is 2.50 bits per heavy atom. The number of fused-ring (bicyclic) bond motifs is 1. The van der Waals surface area contributed by atoms with E-state index in [1.165, 1.54) is 0 Å². The molecule has 0 spiro atoms. The Morgan fingerprint density at radius 1 is 0.958 bits per heavy atom. The highest BCUT2D eigenvalue weighted by Gasteiger charge is 2.12. The molecular formula is C19H16Cl2N2O. The molecule has 122 valence electrons. The second-order valence-corrected chi connectivity index (χ2v) is 6.33. The fourth-order valence-electron chi connectivity index (χ4n) is 2.64. The predicted octanol–water partition coefficient (Wildman–Crippen LogP) is 6.03. The van der Waals surface area contributed by atoms with Crippen LogP contribution in [0, 0.1) is 0 Å². The second-order valence-electron chi connectivity index (χ2n) is 5.52. The summed E-state index contributed by atoms with van der Waals surface area (Å²) in [6.45, 7) is 1.95. The van der Waals surface area contributed by atoms with Gasteiger partial charge < -0.3 is 10.6 Å². The van der Waals surface area contributed by atoms with Crippen LogP contribution in [0.5, 0.6) is 0 Å². The first kappa shape index (κ1) is 16.6. The molecule has 3 rings (SSSR count). The van der Waals surface area contributed by atoms with Crippen molar-refractivity contribution in [1.82, 2.24) is 5.32 Å². The summed E-state index contributed by atoms with van der Waals surface area (Å²) in [5.74, 6) is 0. The number of halogens is 2. The number of hydrogen-bond acceptors (Lipinski definition) is 1. The smallest absolute Gasteiger partial charge is 0.319 e. The van der Waals surface area contributed by atoms with Crippen LogP contribution in [0.1, 0.15) is 18.5 Å². The number of hydrogen-bond donors (Lipinski definition) is 2. The molecule has 2 amide bonds. The number of benzene rings is 3. The van der Waals surface area contributed by atoms with Gasteiger partial charge in [0.05, 0.1) is 16.1 Å². The van der Waals surface area contributed by atoms with Crippen LogP contribution in [0.3, 0.4) is 0 Å². The van der Waals surface area contributed by atoms with Crippen molar-refractivity contribution in [2.75, 3.05) is 5.32 Å². The summed E-state index contributed by atoms with van der Waals surface area (Å²) in [5, 5.41) is 8.83. The topological polar surface area (TPSA) is 41.1 Å². The Bertz CT molecular complexity index is 890. The third kappa shape index (κ3) is 3.64. The average molecular weight is 359 g/mol. The number of urea groups is 1. The van der Waals surface area contributed by atoms with Gasteiger partial charge in [-0.25, -0.2) is 4.79 Å². The first-order valence-electron chi connectivity index (χ1n) is 7.55. The lowest BCUT2D eigenvalue weighted by Gasteiger charge is -2.17. The fraction of sp³-hybridized carbons (Fsp3) is 0.105. The summed E-state index contributed by atoms with van der Waals surface area (Å²) in [6, 6.07) is 18.7. The predicted molar refractivity (Wildman–Crippen MR) is 101 cm³/mol. The van der Waals surface area contributed by atoms with Gasteiger partial charge in [-0.1, -0.05) is 65.7 Å². The van der Waals surface area contributed by atoms with Crippen molar-refractivity contribution in [2.24, 2.45) is 0 Å². The van der Waals surface area contributed by atoms with E-state index in [-0.39, 0.29) is 12.1 Å². The number of carbonyl (C=O) groups excluding carboxylic acids is 1. The zero-order valence-corrected chi connectivity index (χ0v) is 14.5. The highest BCUT2D eigenvalue weighted by Crippen LogP contribution is 2.26. The van der Waals surface area contributed by atoms with Crippen molar-refractivity contribution in [1.29, 1.82) is 0 Å². The number of nitrogens with one attached hydrogen (secondary N) is 2. The Kier molecular flexibility index (Phi) is 4.93. The highest BCUT2D eigenvalue weighted by atomic mass is 35.5. The molecule has 5 heteroatoms. The van der Waals surface area contributed by atoms with Gasteiger partial charge in [-0.15, -0.1) is 0 Å². The summed E-state index contributed by atoms with van der Waals surface area (Å²) in [4.78, 5) is 12.2. The van der Waals surface area contributed by atoms with Crippen LogP contribution in [-0.4, -0.2) is 6.03 Å². The molecule has 0 bridgehead atoms. The third-order valence-electron chi connectivity index (χ3n) is 3.81. The Morgan fingerprint density at radius 2 is 1.71 bits per heavy atom. The Hall–Kier alpha value is -2.23. The fourth-order valence-corrected chi connectivity index (χ4v) is 2.94. The first-order chi connectivity index (χ1) is 11.5. The van der Waals surface area contributed by atoms with Crippen molar-refractivity contribution in [3.05, 3.63) is 76.3 Å². The maximum Gasteiger partial charge on any atom is 0.319 e. The van der Waals surface area contributed by atoms with Crippen molar-refractivity contribution in [3.63, 3.8) is 0 Å². The summed E-state index contributed by atoms with van der Waals surface area (Å²) in [7, 11) is 0. The summed E-state index contributed by atoms with van der Waals surface area (Å²) >= 11 is 11.8. The van der Waals surface area contributed by atoms with Crippen LogP contribution in [0.15, 0.2) is 60.7 Å². The van der Waals surface area contributed by atoms with Crippen molar-refractivity contribution < 1.29 is 4.79 Å². The van der Waals surface area contributed by atoms with Crippen LogP contribution in [0.4, 0.5) is 10.5 Å². The van der Waals surface area contributed by atoms with Crippen LogP contribution in [-0.2, 0) is 0 Å². The lowest BCUT2D eigenvalue weighted by atomic mass is 10.00.